The Morgan fingerprint density at radius 2 is 2.10 bits per heavy atom. The molecule has 0 aliphatic carbocycles. The van der Waals surface area contributed by atoms with Crippen molar-refractivity contribution in [2.75, 3.05) is 33.5 Å². The second kappa shape index (κ2) is 6.95. The highest BCUT2D eigenvalue weighted by Crippen LogP contribution is 1.82. The first-order valence-electron chi connectivity index (χ1n) is 3.17. The van der Waals surface area contributed by atoms with Crippen LogP contribution >= 0.6 is 0 Å². The molecule has 0 aromatic carbocycles. The van der Waals surface area contributed by atoms with Crippen LogP contribution in [0.4, 0.5) is 0 Å². The maximum atomic E-state index is 8.74. The van der Waals surface area contributed by atoms with E-state index in [-0.39, 0.29) is 13.2 Å². The smallest absolute Gasteiger partial charge is 0.100 e. The summed E-state index contributed by atoms with van der Waals surface area (Å²) < 4.78 is 9.58. The second-order valence-corrected chi connectivity index (χ2v) is 1.90. The van der Waals surface area contributed by atoms with Gasteiger partial charge in [-0.05, 0) is 0 Å². The quantitative estimate of drug-likeness (QED) is 0.477. The second-order valence-electron chi connectivity index (χ2n) is 1.90. The first kappa shape index (κ1) is 9.84. The van der Waals surface area contributed by atoms with Crippen molar-refractivity contribution in [1.82, 2.24) is 0 Å². The number of aliphatic hydroxyl groups excluding tert-OH is 2. The molecule has 0 aromatic heterocycles. The number of ether oxygens (including phenoxy) is 2. The molecule has 1 atom stereocenters. The van der Waals surface area contributed by atoms with Crippen molar-refractivity contribution in [3.63, 3.8) is 0 Å². The first-order valence-corrected chi connectivity index (χ1v) is 3.17. The van der Waals surface area contributed by atoms with Gasteiger partial charge in [-0.1, -0.05) is 0 Å². The summed E-state index contributed by atoms with van der Waals surface area (Å²) >= 11 is 0. The van der Waals surface area contributed by atoms with E-state index in [2.05, 4.69) is 4.74 Å². The van der Waals surface area contributed by atoms with E-state index in [1.54, 1.807) is 7.11 Å². The number of hydrogen-bond donors (Lipinski definition) is 2. The number of aliphatic hydroxyl groups is 2. The van der Waals surface area contributed by atoms with Crippen molar-refractivity contribution >= 4 is 0 Å². The standard InChI is InChI=1S/C6H14O4/c1-9-2-3-10-5-6(8)4-7/h6-8H,2-5H2,1H3/t6-/m0/s1. The van der Waals surface area contributed by atoms with Gasteiger partial charge in [0.15, 0.2) is 0 Å². The Balaban J connectivity index is 2.89. The largest absolute Gasteiger partial charge is 0.394 e. The van der Waals surface area contributed by atoms with Crippen LogP contribution in [0.25, 0.3) is 0 Å². The maximum absolute atomic E-state index is 8.74. The van der Waals surface area contributed by atoms with Gasteiger partial charge in [0.2, 0.25) is 0 Å². The molecule has 0 bridgehead atoms. The number of rotatable bonds is 6. The summed E-state index contributed by atoms with van der Waals surface area (Å²) in [6, 6.07) is 0. The van der Waals surface area contributed by atoms with E-state index in [1.807, 2.05) is 0 Å². The third kappa shape index (κ3) is 5.97. The van der Waals surface area contributed by atoms with Crippen LogP contribution in [0.2, 0.25) is 0 Å². The molecule has 0 saturated carbocycles. The summed E-state index contributed by atoms with van der Waals surface area (Å²) in [6.07, 6.45) is -0.767. The Bertz CT molecular complexity index is 66.8. The average Bonchev–Trinajstić information content (AvgIpc) is 1.98. The summed E-state index contributed by atoms with van der Waals surface area (Å²) in [5.74, 6) is 0. The Labute approximate surface area is 60.4 Å². The monoisotopic (exact) mass is 150 g/mol. The van der Waals surface area contributed by atoms with Crippen LogP contribution in [-0.4, -0.2) is 49.9 Å². The van der Waals surface area contributed by atoms with Crippen LogP contribution in [0.5, 0.6) is 0 Å². The minimum atomic E-state index is -0.767. The SMILES string of the molecule is COCCOC[C@@H](O)CO. The normalized spacial score (nSPS) is 13.5. The van der Waals surface area contributed by atoms with Crippen molar-refractivity contribution in [2.24, 2.45) is 0 Å². The Kier molecular flexibility index (Phi) is 6.84. The molecule has 2 N–H and O–H groups in total. The van der Waals surface area contributed by atoms with Crippen LogP contribution in [0.1, 0.15) is 0 Å². The minimum absolute atomic E-state index is 0.167. The average molecular weight is 150 g/mol. The van der Waals surface area contributed by atoms with Crippen LogP contribution in [0.15, 0.2) is 0 Å². The van der Waals surface area contributed by atoms with Gasteiger partial charge in [0.1, 0.15) is 6.10 Å². The lowest BCUT2D eigenvalue weighted by molar-refractivity contribution is -0.00865. The molecule has 0 aliphatic heterocycles. The molecule has 0 amide bonds. The van der Waals surface area contributed by atoms with Gasteiger partial charge in [0.05, 0.1) is 26.4 Å². The van der Waals surface area contributed by atoms with Crippen LogP contribution in [0, 0.1) is 0 Å². The highest BCUT2D eigenvalue weighted by atomic mass is 16.5. The summed E-state index contributed by atoms with van der Waals surface area (Å²) in [6.45, 7) is 0.874. The fourth-order valence-electron chi connectivity index (χ4n) is 0.414. The molecule has 0 radical (unpaired) electrons. The molecule has 0 rings (SSSR count). The summed E-state index contributed by atoms with van der Waals surface area (Å²) in [4.78, 5) is 0. The van der Waals surface area contributed by atoms with Crippen molar-refractivity contribution in [3.05, 3.63) is 0 Å². The van der Waals surface area contributed by atoms with Gasteiger partial charge in [0.25, 0.3) is 0 Å². The van der Waals surface area contributed by atoms with Gasteiger partial charge in [-0.15, -0.1) is 0 Å². The van der Waals surface area contributed by atoms with E-state index < -0.39 is 6.10 Å². The van der Waals surface area contributed by atoms with E-state index in [0.717, 1.165) is 0 Å². The molecule has 4 heteroatoms. The lowest BCUT2D eigenvalue weighted by atomic mass is 10.4. The van der Waals surface area contributed by atoms with Crippen LogP contribution < -0.4 is 0 Å². The van der Waals surface area contributed by atoms with Crippen molar-refractivity contribution in [2.45, 2.75) is 6.10 Å². The van der Waals surface area contributed by atoms with Crippen molar-refractivity contribution < 1.29 is 19.7 Å². The van der Waals surface area contributed by atoms with Gasteiger partial charge < -0.3 is 19.7 Å². The fraction of sp³-hybridized carbons (Fsp3) is 1.00. The molecular formula is C6H14O4. The van der Waals surface area contributed by atoms with Gasteiger partial charge in [-0.3, -0.25) is 0 Å². The molecule has 0 spiro atoms. The van der Waals surface area contributed by atoms with Gasteiger partial charge in [0, 0.05) is 7.11 Å². The zero-order chi connectivity index (χ0) is 7.82. The summed E-state index contributed by atoms with van der Waals surface area (Å²) in [5, 5.41) is 17.1. The lowest BCUT2D eigenvalue weighted by Gasteiger charge is -2.06. The molecule has 0 aliphatic rings. The van der Waals surface area contributed by atoms with E-state index in [9.17, 15) is 0 Å². The van der Waals surface area contributed by atoms with Crippen LogP contribution in [0.3, 0.4) is 0 Å². The van der Waals surface area contributed by atoms with Gasteiger partial charge >= 0.3 is 0 Å². The van der Waals surface area contributed by atoms with E-state index in [0.29, 0.717) is 13.2 Å². The minimum Gasteiger partial charge on any atom is -0.394 e. The molecule has 10 heavy (non-hydrogen) atoms. The van der Waals surface area contributed by atoms with E-state index in [1.165, 1.54) is 0 Å². The number of hydrogen-bond acceptors (Lipinski definition) is 4. The fourth-order valence-corrected chi connectivity index (χ4v) is 0.414. The summed E-state index contributed by atoms with van der Waals surface area (Å²) in [7, 11) is 1.58. The maximum Gasteiger partial charge on any atom is 0.100 e. The number of methoxy groups -OCH3 is 1. The van der Waals surface area contributed by atoms with E-state index >= 15 is 0 Å². The Morgan fingerprint density at radius 1 is 1.40 bits per heavy atom. The molecule has 0 unspecified atom stereocenters. The zero-order valence-corrected chi connectivity index (χ0v) is 6.12. The topological polar surface area (TPSA) is 58.9 Å². The van der Waals surface area contributed by atoms with Crippen molar-refractivity contribution in [3.8, 4) is 0 Å². The first-order chi connectivity index (χ1) is 4.81. The lowest BCUT2D eigenvalue weighted by Crippen LogP contribution is -2.20. The van der Waals surface area contributed by atoms with Crippen molar-refractivity contribution in [1.29, 1.82) is 0 Å². The molecular weight excluding hydrogens is 136 g/mol. The molecule has 0 heterocycles. The Hall–Kier alpha value is -0.160. The summed E-state index contributed by atoms with van der Waals surface area (Å²) in [5.41, 5.74) is 0. The van der Waals surface area contributed by atoms with E-state index in [4.69, 9.17) is 14.9 Å². The molecule has 0 aromatic rings. The van der Waals surface area contributed by atoms with Crippen LogP contribution in [-0.2, 0) is 9.47 Å². The highest BCUT2D eigenvalue weighted by Gasteiger charge is 1.99. The zero-order valence-electron chi connectivity index (χ0n) is 6.12. The van der Waals surface area contributed by atoms with Gasteiger partial charge in [-0.2, -0.15) is 0 Å². The third-order valence-electron chi connectivity index (χ3n) is 0.953. The highest BCUT2D eigenvalue weighted by molar-refractivity contribution is 4.47. The van der Waals surface area contributed by atoms with Gasteiger partial charge in [-0.25, -0.2) is 0 Å². The molecule has 0 saturated heterocycles. The predicted octanol–water partition coefficient (Wildman–Crippen LogP) is -0.997. The molecule has 62 valence electrons. The third-order valence-corrected chi connectivity index (χ3v) is 0.953. The Morgan fingerprint density at radius 3 is 2.60 bits per heavy atom. The predicted molar refractivity (Wildman–Crippen MR) is 35.8 cm³/mol. The molecule has 0 fully saturated rings. The molecule has 4 nitrogen and oxygen atoms in total.